The summed E-state index contributed by atoms with van der Waals surface area (Å²) >= 11 is 0. The normalized spacial score (nSPS) is 17.7. The van der Waals surface area contributed by atoms with Crippen molar-refractivity contribution in [2.75, 3.05) is 6.61 Å². The molecule has 0 bridgehead atoms. The highest BCUT2D eigenvalue weighted by atomic mass is 19.4. The lowest BCUT2D eigenvalue weighted by Gasteiger charge is -2.38. The maximum absolute atomic E-state index is 14.4. The van der Waals surface area contributed by atoms with Gasteiger partial charge < -0.3 is 4.74 Å². The van der Waals surface area contributed by atoms with Crippen LogP contribution in [0.1, 0.15) is 70.9 Å². The number of halogens is 3. The Balaban J connectivity index is 2.00. The number of amides is 1. The van der Waals surface area contributed by atoms with Crippen molar-refractivity contribution in [1.82, 2.24) is 10.4 Å². The van der Waals surface area contributed by atoms with Crippen LogP contribution >= 0.6 is 0 Å². The second kappa shape index (κ2) is 9.47. The molecule has 1 aliphatic rings. The Bertz CT molecular complexity index is 911. The van der Waals surface area contributed by atoms with Crippen molar-refractivity contribution in [2.24, 2.45) is 0 Å². The first-order chi connectivity index (χ1) is 14.6. The van der Waals surface area contributed by atoms with Crippen LogP contribution in [0.3, 0.4) is 0 Å². The molecule has 31 heavy (non-hydrogen) atoms. The van der Waals surface area contributed by atoms with Gasteiger partial charge in [0.15, 0.2) is 6.04 Å². The Morgan fingerprint density at radius 2 is 1.81 bits per heavy atom. The van der Waals surface area contributed by atoms with Gasteiger partial charge in [-0.3, -0.25) is 10.2 Å². The van der Waals surface area contributed by atoms with E-state index in [9.17, 15) is 18.0 Å². The molecule has 1 fully saturated rings. The first-order valence-electron chi connectivity index (χ1n) is 10.9. The van der Waals surface area contributed by atoms with Gasteiger partial charge in [-0.2, -0.15) is 18.2 Å². The summed E-state index contributed by atoms with van der Waals surface area (Å²) in [5, 5.41) is 2.50. The van der Waals surface area contributed by atoms with Gasteiger partial charge in [0.05, 0.1) is 6.61 Å². The third-order valence-corrected chi connectivity index (χ3v) is 5.76. The number of alkyl halides is 3. The van der Waals surface area contributed by atoms with Crippen molar-refractivity contribution in [3.05, 3.63) is 42.0 Å². The zero-order chi connectivity index (χ0) is 22.6. The minimum Gasteiger partial charge on any atom is -0.493 e. The van der Waals surface area contributed by atoms with E-state index in [2.05, 4.69) is 12.3 Å². The molecule has 1 N–H and O–H groups in total. The molecule has 0 aliphatic carbocycles. The number of carbonyl (C=O) groups is 1. The van der Waals surface area contributed by atoms with Crippen molar-refractivity contribution < 1.29 is 22.7 Å². The van der Waals surface area contributed by atoms with Crippen LogP contribution in [-0.4, -0.2) is 29.2 Å². The van der Waals surface area contributed by atoms with Crippen molar-refractivity contribution in [3.8, 4) is 5.75 Å². The van der Waals surface area contributed by atoms with Crippen LogP contribution in [-0.2, 0) is 4.79 Å². The van der Waals surface area contributed by atoms with Crippen LogP contribution in [0.4, 0.5) is 13.2 Å². The molecule has 1 amide bonds. The molecule has 2 aromatic rings. The SMILES string of the molecule is CCCCCCCOc1c([C@H](N2NC(=O)CC2(C)C)C(F)(F)F)ccc2ccccc12. The molecule has 2 aromatic carbocycles. The van der Waals surface area contributed by atoms with Gasteiger partial charge in [-0.05, 0) is 25.7 Å². The summed E-state index contributed by atoms with van der Waals surface area (Å²) in [5.41, 5.74) is 1.47. The molecule has 7 heteroatoms. The number of hydrazine groups is 1. The molecule has 0 spiro atoms. The number of hydrogen-bond donors (Lipinski definition) is 1. The standard InChI is InChI=1S/C24H31F3N2O2/c1-4-5-6-7-10-15-31-21-18-12-9-8-11-17(18)13-14-19(21)22(24(25,26)27)29-23(2,3)16-20(30)28-29/h8-9,11-14,22H,4-7,10,15-16H2,1-3H3,(H,28,30)/t22-/m0/s1. The Morgan fingerprint density at radius 3 is 2.45 bits per heavy atom. The van der Waals surface area contributed by atoms with Gasteiger partial charge in [0.2, 0.25) is 5.91 Å². The van der Waals surface area contributed by atoms with Crippen LogP contribution in [0.5, 0.6) is 5.75 Å². The van der Waals surface area contributed by atoms with E-state index in [1.165, 1.54) is 6.07 Å². The number of fused-ring (bicyclic) bond motifs is 1. The average molecular weight is 437 g/mol. The molecule has 1 aliphatic heterocycles. The number of benzene rings is 2. The zero-order valence-corrected chi connectivity index (χ0v) is 18.4. The number of nitrogens with zero attached hydrogens (tertiary/aromatic N) is 1. The third kappa shape index (κ3) is 5.32. The fourth-order valence-corrected chi connectivity index (χ4v) is 4.20. The Hall–Kier alpha value is -2.28. The molecule has 0 unspecified atom stereocenters. The predicted octanol–water partition coefficient (Wildman–Crippen LogP) is 6.31. The summed E-state index contributed by atoms with van der Waals surface area (Å²) in [6.45, 7) is 5.76. The van der Waals surface area contributed by atoms with Crippen LogP contribution in [0, 0.1) is 0 Å². The lowest BCUT2D eigenvalue weighted by molar-refractivity contribution is -0.204. The van der Waals surface area contributed by atoms with E-state index in [0.717, 1.165) is 42.5 Å². The molecule has 1 heterocycles. The summed E-state index contributed by atoms with van der Waals surface area (Å²) in [6.07, 6.45) is 0.508. The smallest absolute Gasteiger partial charge is 0.410 e. The number of nitrogens with one attached hydrogen (secondary N) is 1. The van der Waals surface area contributed by atoms with Crippen molar-refractivity contribution in [2.45, 2.75) is 77.1 Å². The van der Waals surface area contributed by atoms with Gasteiger partial charge in [0.25, 0.3) is 0 Å². The monoisotopic (exact) mass is 436 g/mol. The summed E-state index contributed by atoms with van der Waals surface area (Å²) in [4.78, 5) is 12.0. The molecule has 0 radical (unpaired) electrons. The Kier molecular flexibility index (Phi) is 7.14. The van der Waals surface area contributed by atoms with E-state index in [1.54, 1.807) is 32.0 Å². The van der Waals surface area contributed by atoms with Crippen LogP contribution in [0.15, 0.2) is 36.4 Å². The number of ether oxygens (including phenoxy) is 1. The van der Waals surface area contributed by atoms with E-state index in [-0.39, 0.29) is 17.7 Å². The van der Waals surface area contributed by atoms with E-state index >= 15 is 0 Å². The van der Waals surface area contributed by atoms with Gasteiger partial charge in [-0.15, -0.1) is 0 Å². The van der Waals surface area contributed by atoms with Gasteiger partial charge >= 0.3 is 6.18 Å². The highest BCUT2D eigenvalue weighted by Gasteiger charge is 2.54. The predicted molar refractivity (Wildman–Crippen MR) is 116 cm³/mol. The van der Waals surface area contributed by atoms with Crippen LogP contribution in [0.25, 0.3) is 10.8 Å². The molecule has 1 saturated heterocycles. The lowest BCUT2D eigenvalue weighted by atomic mass is 9.94. The van der Waals surface area contributed by atoms with Gasteiger partial charge in [0, 0.05) is 22.9 Å². The van der Waals surface area contributed by atoms with Crippen molar-refractivity contribution >= 4 is 16.7 Å². The summed E-state index contributed by atoms with van der Waals surface area (Å²) in [6, 6.07) is 8.44. The second-order valence-electron chi connectivity index (χ2n) is 8.81. The van der Waals surface area contributed by atoms with E-state index in [0.29, 0.717) is 12.0 Å². The quantitative estimate of drug-likeness (QED) is 0.469. The van der Waals surface area contributed by atoms with Crippen LogP contribution < -0.4 is 10.2 Å². The number of hydrogen-bond acceptors (Lipinski definition) is 3. The minimum atomic E-state index is -4.60. The van der Waals surface area contributed by atoms with Crippen molar-refractivity contribution in [3.63, 3.8) is 0 Å². The van der Waals surface area contributed by atoms with Crippen molar-refractivity contribution in [1.29, 1.82) is 0 Å². The van der Waals surface area contributed by atoms with Gasteiger partial charge in [0.1, 0.15) is 5.75 Å². The molecule has 0 aromatic heterocycles. The van der Waals surface area contributed by atoms with Crippen LogP contribution in [0.2, 0.25) is 0 Å². The number of unbranched alkanes of at least 4 members (excludes halogenated alkanes) is 4. The maximum Gasteiger partial charge on any atom is 0.410 e. The first-order valence-corrected chi connectivity index (χ1v) is 10.9. The van der Waals surface area contributed by atoms with E-state index < -0.39 is 23.7 Å². The summed E-state index contributed by atoms with van der Waals surface area (Å²) in [7, 11) is 0. The second-order valence-corrected chi connectivity index (χ2v) is 8.81. The molecule has 3 rings (SSSR count). The molecular weight excluding hydrogens is 405 g/mol. The molecule has 1 atom stereocenters. The van der Waals surface area contributed by atoms with Gasteiger partial charge in [-0.1, -0.05) is 69.0 Å². The topological polar surface area (TPSA) is 41.6 Å². The van der Waals surface area contributed by atoms with Gasteiger partial charge in [-0.25, -0.2) is 0 Å². The highest BCUT2D eigenvalue weighted by molar-refractivity contribution is 5.90. The minimum absolute atomic E-state index is 0.000774. The lowest BCUT2D eigenvalue weighted by Crippen LogP contribution is -2.51. The average Bonchev–Trinajstić information content (AvgIpc) is 2.96. The largest absolute Gasteiger partial charge is 0.493 e. The van der Waals surface area contributed by atoms with E-state index in [4.69, 9.17) is 4.74 Å². The molecule has 0 saturated carbocycles. The first kappa shape index (κ1) is 23.4. The fraction of sp³-hybridized carbons (Fsp3) is 0.542. The fourth-order valence-electron chi connectivity index (χ4n) is 4.20. The Labute approximate surface area is 181 Å². The molecular formula is C24H31F3N2O2. The molecule has 4 nitrogen and oxygen atoms in total. The highest BCUT2D eigenvalue weighted by Crippen LogP contribution is 2.47. The summed E-state index contributed by atoms with van der Waals surface area (Å²) < 4.78 is 49.2. The number of rotatable bonds is 9. The van der Waals surface area contributed by atoms with E-state index in [1.807, 2.05) is 12.1 Å². The number of carbonyl (C=O) groups excluding carboxylic acids is 1. The third-order valence-electron chi connectivity index (χ3n) is 5.76. The Morgan fingerprint density at radius 1 is 1.10 bits per heavy atom. The zero-order valence-electron chi connectivity index (χ0n) is 18.4. The molecule has 170 valence electrons. The maximum atomic E-state index is 14.4. The summed E-state index contributed by atoms with van der Waals surface area (Å²) in [5.74, 6) is -0.175.